The van der Waals surface area contributed by atoms with Crippen LogP contribution in [0.15, 0.2) is 59.1 Å². The largest absolute Gasteiger partial charge is 0.493 e. The van der Waals surface area contributed by atoms with E-state index in [1.807, 2.05) is 12.1 Å². The molecular weight excluding hydrogens is 424 g/mol. The van der Waals surface area contributed by atoms with Crippen molar-refractivity contribution in [2.75, 3.05) is 13.7 Å². The molecular formula is C22H19ClN2O6. The number of aromatic nitrogens is 1. The fraction of sp³-hybridized carbons (Fsp3) is 0.136. The van der Waals surface area contributed by atoms with Crippen LogP contribution in [0.1, 0.15) is 11.3 Å². The van der Waals surface area contributed by atoms with Gasteiger partial charge in [0, 0.05) is 22.7 Å². The van der Waals surface area contributed by atoms with Gasteiger partial charge < -0.3 is 24.5 Å². The number of hydrogen-bond acceptors (Lipinski definition) is 7. The van der Waals surface area contributed by atoms with Crippen molar-refractivity contribution >= 4 is 29.6 Å². The lowest BCUT2D eigenvalue weighted by molar-refractivity contribution is -0.139. The lowest BCUT2D eigenvalue weighted by Gasteiger charge is -2.09. The first kappa shape index (κ1) is 21.9. The lowest BCUT2D eigenvalue weighted by Crippen LogP contribution is -2.20. The summed E-state index contributed by atoms with van der Waals surface area (Å²) in [6.45, 7) is -0.327. The van der Waals surface area contributed by atoms with Gasteiger partial charge >= 0.3 is 5.97 Å². The summed E-state index contributed by atoms with van der Waals surface area (Å²) in [5, 5.41) is 4.58. The predicted octanol–water partition coefficient (Wildman–Crippen LogP) is 3.62. The molecule has 2 N–H and O–H groups in total. The molecule has 1 heterocycles. The minimum Gasteiger partial charge on any atom is -0.493 e. The van der Waals surface area contributed by atoms with Crippen molar-refractivity contribution < 1.29 is 28.3 Å². The average molecular weight is 443 g/mol. The number of ether oxygens (including phenoxy) is 3. The molecule has 0 aliphatic carbocycles. The standard InChI is InChI=1S/C22H19ClN2O6/c1-28-20-10-14(2-8-19(20)29-13-21(24)26)3-9-22(27)30-12-17-11-18(25-31-17)15-4-6-16(23)7-5-15/h2-11H,12-13H2,1H3,(H2,24,26). The molecule has 0 unspecified atom stereocenters. The van der Waals surface area contributed by atoms with E-state index in [4.69, 9.17) is 36.1 Å². The number of nitrogens with zero attached hydrogens (tertiary/aromatic N) is 1. The van der Waals surface area contributed by atoms with Gasteiger partial charge in [-0.2, -0.15) is 0 Å². The summed E-state index contributed by atoms with van der Waals surface area (Å²) in [4.78, 5) is 22.9. The van der Waals surface area contributed by atoms with E-state index in [0.29, 0.717) is 33.5 Å². The zero-order chi connectivity index (χ0) is 22.2. The van der Waals surface area contributed by atoms with E-state index in [1.54, 1.807) is 42.5 Å². The molecule has 9 heteroatoms. The van der Waals surface area contributed by atoms with Crippen LogP contribution in [-0.2, 0) is 20.9 Å². The van der Waals surface area contributed by atoms with E-state index in [0.717, 1.165) is 5.56 Å². The number of nitrogens with two attached hydrogens (primary N) is 1. The third-order valence-corrected chi connectivity index (χ3v) is 4.28. The monoisotopic (exact) mass is 442 g/mol. The maximum absolute atomic E-state index is 12.0. The van der Waals surface area contributed by atoms with Crippen molar-refractivity contribution in [3.8, 4) is 22.8 Å². The summed E-state index contributed by atoms with van der Waals surface area (Å²) in [7, 11) is 1.46. The maximum atomic E-state index is 12.0. The molecule has 0 bridgehead atoms. The SMILES string of the molecule is COc1cc(C=CC(=O)OCc2cc(-c3ccc(Cl)cc3)no2)ccc1OCC(N)=O. The maximum Gasteiger partial charge on any atom is 0.331 e. The minimum atomic E-state index is -0.596. The summed E-state index contributed by atoms with van der Waals surface area (Å²) in [6.07, 6.45) is 2.83. The van der Waals surface area contributed by atoms with Gasteiger partial charge in [0.05, 0.1) is 7.11 Å². The first-order valence-corrected chi connectivity index (χ1v) is 9.48. The van der Waals surface area contributed by atoms with E-state index >= 15 is 0 Å². The number of primary amides is 1. The van der Waals surface area contributed by atoms with Crippen molar-refractivity contribution in [1.82, 2.24) is 5.16 Å². The van der Waals surface area contributed by atoms with Crippen LogP contribution in [0, 0.1) is 0 Å². The Kier molecular flexibility index (Phi) is 7.29. The molecule has 0 fully saturated rings. The van der Waals surface area contributed by atoms with E-state index < -0.39 is 11.9 Å². The Morgan fingerprint density at radius 3 is 2.61 bits per heavy atom. The Bertz CT molecular complexity index is 1090. The van der Waals surface area contributed by atoms with Gasteiger partial charge in [-0.15, -0.1) is 0 Å². The van der Waals surface area contributed by atoms with Crippen LogP contribution in [0.5, 0.6) is 11.5 Å². The zero-order valence-corrected chi connectivity index (χ0v) is 17.3. The van der Waals surface area contributed by atoms with Gasteiger partial charge in [-0.05, 0) is 35.9 Å². The molecule has 8 nitrogen and oxygen atoms in total. The number of halogens is 1. The van der Waals surface area contributed by atoms with Crippen molar-refractivity contribution in [3.63, 3.8) is 0 Å². The summed E-state index contributed by atoms with van der Waals surface area (Å²) >= 11 is 5.88. The molecule has 0 aliphatic heterocycles. The Morgan fingerprint density at radius 2 is 1.90 bits per heavy atom. The van der Waals surface area contributed by atoms with Gasteiger partial charge in [0.2, 0.25) is 0 Å². The number of carbonyl (C=O) groups is 2. The second-order valence-corrected chi connectivity index (χ2v) is 6.73. The average Bonchev–Trinajstić information content (AvgIpc) is 3.24. The van der Waals surface area contributed by atoms with Crippen LogP contribution < -0.4 is 15.2 Å². The molecule has 1 aromatic heterocycles. The van der Waals surface area contributed by atoms with E-state index in [-0.39, 0.29) is 13.2 Å². The van der Waals surface area contributed by atoms with Gasteiger partial charge in [-0.25, -0.2) is 4.79 Å². The Labute approximate surface area is 183 Å². The first-order valence-electron chi connectivity index (χ1n) is 9.10. The molecule has 0 spiro atoms. The van der Waals surface area contributed by atoms with Crippen molar-refractivity contribution in [2.45, 2.75) is 6.61 Å². The van der Waals surface area contributed by atoms with Crippen LogP contribution in [0.4, 0.5) is 0 Å². The second kappa shape index (κ2) is 10.3. The van der Waals surface area contributed by atoms with Crippen molar-refractivity contribution in [2.24, 2.45) is 5.73 Å². The fourth-order valence-electron chi connectivity index (χ4n) is 2.55. The van der Waals surface area contributed by atoms with E-state index in [1.165, 1.54) is 13.2 Å². The van der Waals surface area contributed by atoms with Crippen LogP contribution in [-0.4, -0.2) is 30.7 Å². The number of carbonyl (C=O) groups excluding carboxylic acids is 2. The zero-order valence-electron chi connectivity index (χ0n) is 16.5. The summed E-state index contributed by atoms with van der Waals surface area (Å²) in [5.74, 6) is 0.0126. The highest BCUT2D eigenvalue weighted by Crippen LogP contribution is 2.28. The van der Waals surface area contributed by atoms with E-state index in [2.05, 4.69) is 5.16 Å². The highest BCUT2D eigenvalue weighted by molar-refractivity contribution is 6.30. The number of amides is 1. The molecule has 3 rings (SSSR count). The number of benzene rings is 2. The Hall–Kier alpha value is -3.78. The molecule has 0 radical (unpaired) electrons. The first-order chi connectivity index (χ1) is 14.9. The molecule has 1 amide bonds. The number of rotatable bonds is 9. The fourth-order valence-corrected chi connectivity index (χ4v) is 2.67. The smallest absolute Gasteiger partial charge is 0.331 e. The molecule has 0 saturated heterocycles. The highest BCUT2D eigenvalue weighted by atomic mass is 35.5. The van der Waals surface area contributed by atoms with Gasteiger partial charge in [-0.3, -0.25) is 4.79 Å². The molecule has 0 saturated carbocycles. The summed E-state index contributed by atoms with van der Waals surface area (Å²) < 4.78 is 20.9. The van der Waals surface area contributed by atoms with Gasteiger partial charge in [-0.1, -0.05) is 35.0 Å². The summed E-state index contributed by atoms with van der Waals surface area (Å²) in [5.41, 5.74) is 7.19. The molecule has 0 aliphatic rings. The topological polar surface area (TPSA) is 114 Å². The van der Waals surface area contributed by atoms with Crippen molar-refractivity contribution in [1.29, 1.82) is 0 Å². The summed E-state index contributed by atoms with van der Waals surface area (Å²) in [6, 6.07) is 13.8. The normalized spacial score (nSPS) is 10.8. The van der Waals surface area contributed by atoms with Gasteiger partial charge in [0.25, 0.3) is 5.91 Å². The number of methoxy groups -OCH3 is 1. The van der Waals surface area contributed by atoms with Gasteiger partial charge in [0.15, 0.2) is 30.5 Å². The van der Waals surface area contributed by atoms with Crippen molar-refractivity contribution in [3.05, 3.63) is 71.0 Å². The second-order valence-electron chi connectivity index (χ2n) is 6.29. The third-order valence-electron chi connectivity index (χ3n) is 4.03. The van der Waals surface area contributed by atoms with E-state index in [9.17, 15) is 9.59 Å². The Balaban J connectivity index is 1.56. The molecule has 2 aromatic carbocycles. The quantitative estimate of drug-likeness (QED) is 0.397. The minimum absolute atomic E-state index is 0.0625. The predicted molar refractivity (Wildman–Crippen MR) is 113 cm³/mol. The molecule has 0 atom stereocenters. The Morgan fingerprint density at radius 1 is 1.13 bits per heavy atom. The lowest BCUT2D eigenvalue weighted by atomic mass is 10.1. The van der Waals surface area contributed by atoms with Gasteiger partial charge in [0.1, 0.15) is 5.69 Å². The highest BCUT2D eigenvalue weighted by Gasteiger charge is 2.09. The number of hydrogen-bond donors (Lipinski definition) is 1. The van der Waals surface area contributed by atoms with Crippen LogP contribution in [0.25, 0.3) is 17.3 Å². The number of esters is 1. The third kappa shape index (κ3) is 6.35. The van der Waals surface area contributed by atoms with Crippen LogP contribution >= 0.6 is 11.6 Å². The molecule has 31 heavy (non-hydrogen) atoms. The molecule has 3 aromatic rings. The van der Waals surface area contributed by atoms with Crippen LogP contribution in [0.2, 0.25) is 5.02 Å². The molecule has 160 valence electrons. The van der Waals surface area contributed by atoms with Crippen LogP contribution in [0.3, 0.4) is 0 Å².